The maximum Gasteiger partial charge on any atom is 0.297 e. The highest BCUT2D eigenvalue weighted by molar-refractivity contribution is 8.00. The summed E-state index contributed by atoms with van der Waals surface area (Å²) in [6.45, 7) is 2.05. The number of halogens is 1. The summed E-state index contributed by atoms with van der Waals surface area (Å²) in [4.78, 5) is 28.7. The van der Waals surface area contributed by atoms with Crippen molar-refractivity contribution in [2.75, 3.05) is 4.90 Å². The van der Waals surface area contributed by atoms with Gasteiger partial charge in [0.25, 0.3) is 5.91 Å². The Labute approximate surface area is 219 Å². The molecule has 0 saturated carbocycles. The second kappa shape index (κ2) is 9.20. The Hall–Kier alpha value is -3.46. The van der Waals surface area contributed by atoms with Crippen molar-refractivity contribution >= 4 is 56.7 Å². The molecule has 5 aromatic rings. The zero-order valence-electron chi connectivity index (χ0n) is 19.0. The standard InChI is InChI=1S/C27H18ClN3O3S2/c1-15-6-8-16(9-7-15)14-35-27-30-29-26(36-27)31-22(17-10-12-18(28)13-11-17)21-23(32)19-4-2-3-5-20(19)34-24(21)25(31)33/h2-13,22H,14H2,1H3. The van der Waals surface area contributed by atoms with Crippen LogP contribution in [0.1, 0.15) is 38.9 Å². The molecule has 0 N–H and O–H groups in total. The first kappa shape index (κ1) is 23.0. The fourth-order valence-corrected chi connectivity index (χ4v) is 6.21. The number of hydrogen-bond acceptors (Lipinski definition) is 7. The van der Waals surface area contributed by atoms with E-state index in [1.54, 1.807) is 48.2 Å². The molecule has 0 radical (unpaired) electrons. The Bertz CT molecular complexity index is 1660. The molecule has 1 amide bonds. The highest BCUT2D eigenvalue weighted by Crippen LogP contribution is 2.43. The number of aryl methyl sites for hydroxylation is 1. The Morgan fingerprint density at radius 2 is 1.75 bits per heavy atom. The number of benzene rings is 3. The van der Waals surface area contributed by atoms with Crippen molar-refractivity contribution in [1.82, 2.24) is 10.2 Å². The number of para-hydroxylation sites is 1. The third-order valence-electron chi connectivity index (χ3n) is 6.05. The molecule has 36 heavy (non-hydrogen) atoms. The van der Waals surface area contributed by atoms with Crippen molar-refractivity contribution in [3.8, 4) is 0 Å². The quantitative estimate of drug-likeness (QED) is 0.187. The van der Waals surface area contributed by atoms with Crippen LogP contribution in [-0.2, 0) is 5.75 Å². The summed E-state index contributed by atoms with van der Waals surface area (Å²) in [6, 6.07) is 21.7. The van der Waals surface area contributed by atoms with Crippen molar-refractivity contribution in [2.24, 2.45) is 0 Å². The van der Waals surface area contributed by atoms with Crippen molar-refractivity contribution in [2.45, 2.75) is 23.1 Å². The predicted octanol–water partition coefficient (Wildman–Crippen LogP) is 6.65. The lowest BCUT2D eigenvalue weighted by Crippen LogP contribution is -2.29. The van der Waals surface area contributed by atoms with Crippen molar-refractivity contribution < 1.29 is 9.21 Å². The summed E-state index contributed by atoms with van der Waals surface area (Å²) in [6.07, 6.45) is 0. The van der Waals surface area contributed by atoms with Crippen LogP contribution in [-0.4, -0.2) is 16.1 Å². The summed E-state index contributed by atoms with van der Waals surface area (Å²) in [5.74, 6) is 0.344. The lowest BCUT2D eigenvalue weighted by atomic mass is 9.99. The van der Waals surface area contributed by atoms with Gasteiger partial charge in [-0.2, -0.15) is 0 Å². The van der Waals surface area contributed by atoms with Gasteiger partial charge in [0.15, 0.2) is 9.77 Å². The molecular formula is C27H18ClN3O3S2. The van der Waals surface area contributed by atoms with Gasteiger partial charge < -0.3 is 4.42 Å². The fourth-order valence-electron chi connectivity index (χ4n) is 4.27. The SMILES string of the molecule is Cc1ccc(CSc2nnc(N3C(=O)c4oc5ccccc5c(=O)c4C3c3ccc(Cl)cc3)s2)cc1. The largest absolute Gasteiger partial charge is 0.450 e. The first-order valence-corrected chi connectivity index (χ1v) is 13.3. The number of anilines is 1. The molecule has 0 saturated heterocycles. The molecule has 0 bridgehead atoms. The number of rotatable bonds is 5. The van der Waals surface area contributed by atoms with Crippen LogP contribution in [0.25, 0.3) is 11.0 Å². The second-order valence-electron chi connectivity index (χ2n) is 8.42. The Balaban J connectivity index is 1.41. The van der Waals surface area contributed by atoms with Gasteiger partial charge in [0.05, 0.1) is 17.0 Å². The van der Waals surface area contributed by atoms with E-state index in [0.29, 0.717) is 26.7 Å². The molecule has 3 heterocycles. The minimum Gasteiger partial charge on any atom is -0.450 e. The van der Waals surface area contributed by atoms with Gasteiger partial charge in [0.2, 0.25) is 10.9 Å². The summed E-state index contributed by atoms with van der Waals surface area (Å²) in [5.41, 5.74) is 3.55. The maximum atomic E-state index is 13.7. The van der Waals surface area contributed by atoms with E-state index in [1.807, 2.05) is 12.1 Å². The average Bonchev–Trinajstić information content (AvgIpc) is 3.47. The Kier molecular flexibility index (Phi) is 5.87. The lowest BCUT2D eigenvalue weighted by Gasteiger charge is -2.22. The normalized spacial score (nSPS) is 15.0. The third-order valence-corrected chi connectivity index (χ3v) is 8.43. The molecule has 9 heteroatoms. The lowest BCUT2D eigenvalue weighted by molar-refractivity contribution is 0.0970. The van der Waals surface area contributed by atoms with Crippen LogP contribution >= 0.6 is 34.7 Å². The molecular weight excluding hydrogens is 514 g/mol. The van der Waals surface area contributed by atoms with E-state index in [4.69, 9.17) is 16.0 Å². The van der Waals surface area contributed by atoms with E-state index in [1.165, 1.54) is 27.4 Å². The van der Waals surface area contributed by atoms with Crippen LogP contribution in [0.15, 0.2) is 86.3 Å². The van der Waals surface area contributed by atoms with Crippen LogP contribution in [0, 0.1) is 6.92 Å². The molecule has 0 aliphatic carbocycles. The number of nitrogens with zero attached hydrogens (tertiary/aromatic N) is 3. The first-order chi connectivity index (χ1) is 17.5. The summed E-state index contributed by atoms with van der Waals surface area (Å²) in [5, 5.41) is 10.0. The molecule has 1 aliphatic rings. The Morgan fingerprint density at radius 3 is 2.53 bits per heavy atom. The van der Waals surface area contributed by atoms with E-state index >= 15 is 0 Å². The van der Waals surface area contributed by atoms with E-state index in [9.17, 15) is 9.59 Å². The number of carbonyl (C=O) groups is 1. The molecule has 178 valence electrons. The third kappa shape index (κ3) is 4.01. The zero-order chi connectivity index (χ0) is 24.8. The van der Waals surface area contributed by atoms with Gasteiger partial charge in [-0.05, 0) is 42.3 Å². The van der Waals surface area contributed by atoms with Crippen molar-refractivity contribution in [1.29, 1.82) is 0 Å². The van der Waals surface area contributed by atoms with Gasteiger partial charge in [0, 0.05) is 10.8 Å². The van der Waals surface area contributed by atoms with Gasteiger partial charge in [-0.1, -0.05) is 88.8 Å². The molecule has 1 aliphatic heterocycles. The number of fused-ring (bicyclic) bond motifs is 2. The molecule has 2 aromatic heterocycles. The highest BCUT2D eigenvalue weighted by atomic mass is 35.5. The monoisotopic (exact) mass is 531 g/mol. The number of aromatic nitrogens is 2. The van der Waals surface area contributed by atoms with Gasteiger partial charge in [-0.25, -0.2) is 0 Å². The van der Waals surface area contributed by atoms with Crippen molar-refractivity contribution in [3.63, 3.8) is 0 Å². The van der Waals surface area contributed by atoms with Crippen LogP contribution < -0.4 is 10.3 Å². The minimum atomic E-state index is -0.700. The van der Waals surface area contributed by atoms with Crippen LogP contribution in [0.2, 0.25) is 5.02 Å². The van der Waals surface area contributed by atoms with Gasteiger partial charge in [0.1, 0.15) is 5.58 Å². The zero-order valence-corrected chi connectivity index (χ0v) is 21.4. The minimum absolute atomic E-state index is 0.0303. The predicted molar refractivity (Wildman–Crippen MR) is 143 cm³/mol. The highest BCUT2D eigenvalue weighted by Gasteiger charge is 2.45. The smallest absolute Gasteiger partial charge is 0.297 e. The van der Waals surface area contributed by atoms with Gasteiger partial charge >= 0.3 is 0 Å². The van der Waals surface area contributed by atoms with E-state index in [0.717, 1.165) is 15.7 Å². The first-order valence-electron chi connectivity index (χ1n) is 11.2. The number of hydrogen-bond donors (Lipinski definition) is 0. The average molecular weight is 532 g/mol. The summed E-state index contributed by atoms with van der Waals surface area (Å²) in [7, 11) is 0. The van der Waals surface area contributed by atoms with Gasteiger partial charge in [-0.15, -0.1) is 10.2 Å². The Morgan fingerprint density at radius 1 is 1.00 bits per heavy atom. The van der Waals surface area contributed by atoms with Crippen LogP contribution in [0.4, 0.5) is 5.13 Å². The molecule has 1 unspecified atom stereocenters. The van der Waals surface area contributed by atoms with Crippen LogP contribution in [0.5, 0.6) is 0 Å². The number of thioether (sulfide) groups is 1. The molecule has 0 spiro atoms. The fraction of sp³-hybridized carbons (Fsp3) is 0.111. The second-order valence-corrected chi connectivity index (χ2v) is 11.0. The summed E-state index contributed by atoms with van der Waals surface area (Å²) >= 11 is 8.99. The molecule has 0 fully saturated rings. The summed E-state index contributed by atoms with van der Waals surface area (Å²) < 4.78 is 6.71. The maximum absolute atomic E-state index is 13.7. The molecule has 1 atom stereocenters. The van der Waals surface area contributed by atoms with Crippen molar-refractivity contribution in [3.05, 3.63) is 116 Å². The topological polar surface area (TPSA) is 76.3 Å². The molecule has 6 rings (SSSR count). The molecule has 3 aromatic carbocycles. The van der Waals surface area contributed by atoms with E-state index in [-0.39, 0.29) is 11.2 Å². The van der Waals surface area contributed by atoms with Crippen LogP contribution in [0.3, 0.4) is 0 Å². The molecule has 6 nitrogen and oxygen atoms in total. The van der Waals surface area contributed by atoms with E-state index < -0.39 is 11.9 Å². The van der Waals surface area contributed by atoms with E-state index in [2.05, 4.69) is 41.4 Å². The number of amides is 1. The van der Waals surface area contributed by atoms with Gasteiger partial charge in [-0.3, -0.25) is 14.5 Å². The number of carbonyl (C=O) groups excluding carboxylic acids is 1.